The van der Waals surface area contributed by atoms with Crippen LogP contribution >= 0.6 is 15.9 Å². The topological polar surface area (TPSA) is 60.4 Å². The van der Waals surface area contributed by atoms with E-state index in [-0.39, 0.29) is 4.90 Å². The van der Waals surface area contributed by atoms with Crippen molar-refractivity contribution in [2.24, 2.45) is 0 Å². The molecule has 1 aliphatic heterocycles. The van der Waals surface area contributed by atoms with Crippen molar-refractivity contribution in [2.45, 2.75) is 4.90 Å². The quantitative estimate of drug-likeness (QED) is 0.744. The second-order valence-electron chi connectivity index (χ2n) is 3.21. The van der Waals surface area contributed by atoms with Crippen LogP contribution in [-0.2, 0) is 14.6 Å². The van der Waals surface area contributed by atoms with Crippen molar-refractivity contribution in [3.63, 3.8) is 0 Å². The van der Waals surface area contributed by atoms with Gasteiger partial charge in [-0.05, 0) is 34.1 Å². The van der Waals surface area contributed by atoms with Crippen molar-refractivity contribution in [1.29, 1.82) is 0 Å². The van der Waals surface area contributed by atoms with Gasteiger partial charge in [0.1, 0.15) is 0 Å². The molecule has 0 aromatic heterocycles. The zero-order valence-corrected chi connectivity index (χ0v) is 10.6. The van der Waals surface area contributed by atoms with Crippen LogP contribution in [0.15, 0.2) is 28.5 Å². The fourth-order valence-electron chi connectivity index (χ4n) is 1.47. The number of fused-ring (bicyclic) bond motifs is 1. The Kier molecular flexibility index (Phi) is 2.63. The van der Waals surface area contributed by atoms with Crippen molar-refractivity contribution >= 4 is 36.2 Å². The van der Waals surface area contributed by atoms with Crippen LogP contribution in [0.3, 0.4) is 0 Å². The Balaban J connectivity index is 2.63. The van der Waals surface area contributed by atoms with Crippen LogP contribution in [0, 0.1) is 0 Å². The summed E-state index contributed by atoms with van der Waals surface area (Å²) >= 11 is 3.15. The molecule has 1 aliphatic rings. The first-order chi connectivity index (χ1) is 7.45. The van der Waals surface area contributed by atoms with Crippen molar-refractivity contribution in [3.8, 4) is 0 Å². The van der Waals surface area contributed by atoms with Gasteiger partial charge in [-0.25, -0.2) is 13.2 Å². The standard InChI is InChI=1S/C10H7BrO4S/c1-15-10(12)6-2-3-9-7(4-6)8(11)5-16(9,13)14/h2-5H,1H3. The maximum atomic E-state index is 11.6. The zero-order valence-electron chi connectivity index (χ0n) is 8.23. The molecule has 0 radical (unpaired) electrons. The van der Waals surface area contributed by atoms with Crippen molar-refractivity contribution in [3.05, 3.63) is 34.7 Å². The number of benzene rings is 1. The lowest BCUT2D eigenvalue weighted by Gasteiger charge is -2.03. The summed E-state index contributed by atoms with van der Waals surface area (Å²) < 4.78 is 28.2. The highest BCUT2D eigenvalue weighted by atomic mass is 79.9. The fraction of sp³-hybridized carbons (Fsp3) is 0.100. The molecule has 0 saturated carbocycles. The lowest BCUT2D eigenvalue weighted by molar-refractivity contribution is 0.0600. The molecule has 84 valence electrons. The van der Waals surface area contributed by atoms with Gasteiger partial charge in [0.05, 0.1) is 23.0 Å². The second kappa shape index (κ2) is 3.71. The number of carbonyl (C=O) groups excluding carboxylic acids is 1. The van der Waals surface area contributed by atoms with Crippen LogP contribution in [0.4, 0.5) is 0 Å². The third-order valence-corrected chi connectivity index (χ3v) is 4.70. The average molecular weight is 303 g/mol. The Bertz CT molecular complexity index is 601. The van der Waals surface area contributed by atoms with Gasteiger partial charge in [-0.1, -0.05) is 0 Å². The Morgan fingerprint density at radius 2 is 2.06 bits per heavy atom. The molecule has 0 unspecified atom stereocenters. The van der Waals surface area contributed by atoms with Crippen molar-refractivity contribution in [2.75, 3.05) is 7.11 Å². The molecule has 16 heavy (non-hydrogen) atoms. The summed E-state index contributed by atoms with van der Waals surface area (Å²) in [6, 6.07) is 4.33. The molecule has 1 aromatic carbocycles. The molecule has 0 aliphatic carbocycles. The van der Waals surface area contributed by atoms with Gasteiger partial charge in [-0.2, -0.15) is 0 Å². The number of ether oxygens (including phenoxy) is 1. The third kappa shape index (κ3) is 1.68. The van der Waals surface area contributed by atoms with Gasteiger partial charge in [0.15, 0.2) is 0 Å². The zero-order chi connectivity index (χ0) is 11.9. The number of sulfone groups is 1. The summed E-state index contributed by atoms with van der Waals surface area (Å²) in [6.45, 7) is 0. The van der Waals surface area contributed by atoms with E-state index >= 15 is 0 Å². The third-order valence-electron chi connectivity index (χ3n) is 2.22. The van der Waals surface area contributed by atoms with Gasteiger partial charge in [-0.15, -0.1) is 0 Å². The normalized spacial score (nSPS) is 16.5. The van der Waals surface area contributed by atoms with Gasteiger partial charge in [-0.3, -0.25) is 0 Å². The Morgan fingerprint density at radius 1 is 1.38 bits per heavy atom. The summed E-state index contributed by atoms with van der Waals surface area (Å²) in [7, 11) is -2.09. The van der Waals surface area contributed by atoms with Crippen LogP contribution in [0.25, 0.3) is 4.48 Å². The maximum Gasteiger partial charge on any atom is 0.337 e. The van der Waals surface area contributed by atoms with E-state index in [2.05, 4.69) is 20.7 Å². The van der Waals surface area contributed by atoms with Gasteiger partial charge in [0, 0.05) is 10.0 Å². The van der Waals surface area contributed by atoms with E-state index in [0.717, 1.165) is 5.41 Å². The van der Waals surface area contributed by atoms with E-state index < -0.39 is 15.8 Å². The number of esters is 1. The molecular weight excluding hydrogens is 296 g/mol. The van der Waals surface area contributed by atoms with E-state index in [9.17, 15) is 13.2 Å². The SMILES string of the molecule is COC(=O)c1ccc2c(c1)C(Br)=CS2(=O)=O. The number of rotatable bonds is 1. The molecular formula is C10H7BrO4S. The predicted molar refractivity (Wildman–Crippen MR) is 61.9 cm³/mol. The van der Waals surface area contributed by atoms with E-state index in [1.54, 1.807) is 0 Å². The Morgan fingerprint density at radius 3 is 2.69 bits per heavy atom. The van der Waals surface area contributed by atoms with Crippen LogP contribution in [0.1, 0.15) is 15.9 Å². The molecule has 6 heteroatoms. The summed E-state index contributed by atoms with van der Waals surface area (Å²) in [4.78, 5) is 11.5. The molecule has 0 amide bonds. The molecule has 0 atom stereocenters. The highest BCUT2D eigenvalue weighted by Crippen LogP contribution is 2.37. The largest absolute Gasteiger partial charge is 0.465 e. The number of carbonyl (C=O) groups is 1. The highest BCUT2D eigenvalue weighted by Gasteiger charge is 2.26. The molecule has 0 N–H and O–H groups in total. The Labute approximate surface area is 101 Å². The minimum absolute atomic E-state index is 0.201. The molecule has 0 spiro atoms. The fourth-order valence-corrected chi connectivity index (χ4v) is 3.93. The summed E-state index contributed by atoms with van der Waals surface area (Å²) in [6.07, 6.45) is 0. The monoisotopic (exact) mass is 302 g/mol. The highest BCUT2D eigenvalue weighted by molar-refractivity contribution is 9.15. The Hall–Kier alpha value is -1.14. The first-order valence-corrected chi connectivity index (χ1v) is 6.64. The molecule has 0 fully saturated rings. The van der Waals surface area contributed by atoms with E-state index in [4.69, 9.17) is 0 Å². The molecule has 4 nitrogen and oxygen atoms in total. The number of hydrogen-bond donors (Lipinski definition) is 0. The number of halogens is 1. The van der Waals surface area contributed by atoms with Gasteiger partial charge >= 0.3 is 5.97 Å². The maximum absolute atomic E-state index is 11.6. The van der Waals surface area contributed by atoms with Crippen LogP contribution in [0.2, 0.25) is 0 Å². The predicted octanol–water partition coefficient (Wildman–Crippen LogP) is 1.95. The molecule has 0 bridgehead atoms. The summed E-state index contributed by atoms with van der Waals surface area (Å²) in [5, 5.41) is 1.12. The number of hydrogen-bond acceptors (Lipinski definition) is 4. The van der Waals surface area contributed by atoms with Gasteiger partial charge in [0.25, 0.3) is 0 Å². The lowest BCUT2D eigenvalue weighted by atomic mass is 10.1. The van der Waals surface area contributed by atoms with Crippen LogP contribution in [-0.4, -0.2) is 21.5 Å². The minimum Gasteiger partial charge on any atom is -0.465 e. The van der Waals surface area contributed by atoms with E-state index in [1.807, 2.05) is 0 Å². The molecule has 2 rings (SSSR count). The lowest BCUT2D eigenvalue weighted by Crippen LogP contribution is -2.02. The first-order valence-electron chi connectivity index (χ1n) is 4.31. The summed E-state index contributed by atoms with van der Waals surface area (Å²) in [5.74, 6) is -0.493. The van der Waals surface area contributed by atoms with Crippen molar-refractivity contribution in [1.82, 2.24) is 0 Å². The number of methoxy groups -OCH3 is 1. The summed E-state index contributed by atoms with van der Waals surface area (Å²) in [5.41, 5.74) is 0.812. The smallest absolute Gasteiger partial charge is 0.337 e. The first kappa shape index (κ1) is 11.3. The van der Waals surface area contributed by atoms with Gasteiger partial charge < -0.3 is 4.74 Å². The van der Waals surface area contributed by atoms with Gasteiger partial charge in [0.2, 0.25) is 9.84 Å². The van der Waals surface area contributed by atoms with Crippen LogP contribution in [0.5, 0.6) is 0 Å². The van der Waals surface area contributed by atoms with Crippen molar-refractivity contribution < 1.29 is 17.9 Å². The molecule has 0 saturated heterocycles. The minimum atomic E-state index is -3.37. The molecule has 1 aromatic rings. The second-order valence-corrected chi connectivity index (χ2v) is 5.83. The molecule has 1 heterocycles. The van der Waals surface area contributed by atoms with Crippen LogP contribution < -0.4 is 0 Å². The van der Waals surface area contributed by atoms with E-state index in [1.165, 1.54) is 25.3 Å². The van der Waals surface area contributed by atoms with E-state index in [0.29, 0.717) is 15.6 Å². The average Bonchev–Trinajstić information content (AvgIpc) is 2.48.